The zero-order chi connectivity index (χ0) is 22.2. The van der Waals surface area contributed by atoms with Crippen molar-refractivity contribution in [3.05, 3.63) is 29.8 Å². The van der Waals surface area contributed by atoms with Crippen molar-refractivity contribution in [1.29, 1.82) is 0 Å². The lowest BCUT2D eigenvalue weighted by Crippen LogP contribution is -2.46. The van der Waals surface area contributed by atoms with E-state index >= 15 is 0 Å². The van der Waals surface area contributed by atoms with Crippen molar-refractivity contribution in [2.75, 3.05) is 26.4 Å². The third-order valence-electron chi connectivity index (χ3n) is 4.23. The third kappa shape index (κ3) is 7.61. The van der Waals surface area contributed by atoms with E-state index in [-0.39, 0.29) is 18.1 Å². The van der Waals surface area contributed by atoms with Gasteiger partial charge in [0.15, 0.2) is 11.5 Å². The van der Waals surface area contributed by atoms with Gasteiger partial charge >= 0.3 is 5.97 Å². The molecule has 1 rings (SSSR count). The zero-order valence-corrected chi connectivity index (χ0v) is 16.2. The van der Waals surface area contributed by atoms with Crippen molar-refractivity contribution in [3.8, 4) is 11.5 Å². The van der Waals surface area contributed by atoms with E-state index in [2.05, 4.69) is 0 Å². The Morgan fingerprint density at radius 3 is 2.34 bits per heavy atom. The summed E-state index contributed by atoms with van der Waals surface area (Å²) in [6, 6.07) is 4.16. The fourth-order valence-corrected chi connectivity index (χ4v) is 1.94. The van der Waals surface area contributed by atoms with Gasteiger partial charge in [0.1, 0.15) is 36.6 Å². The summed E-state index contributed by atoms with van der Waals surface area (Å²) < 4.78 is 10.0. The van der Waals surface area contributed by atoms with Crippen LogP contribution in [0.1, 0.15) is 19.4 Å². The Morgan fingerprint density at radius 1 is 1.14 bits per heavy atom. The van der Waals surface area contributed by atoms with Crippen LogP contribution in [0.2, 0.25) is 0 Å². The van der Waals surface area contributed by atoms with E-state index in [4.69, 9.17) is 19.7 Å². The molecule has 0 saturated heterocycles. The summed E-state index contributed by atoms with van der Waals surface area (Å²) in [7, 11) is 0. The Bertz CT molecular complexity index is 698. The lowest BCUT2D eigenvalue weighted by atomic mass is 10.0. The molecule has 7 N–H and O–H groups in total. The minimum Gasteiger partial charge on any atom is -0.504 e. The van der Waals surface area contributed by atoms with Crippen LogP contribution in [0, 0.1) is 0 Å². The summed E-state index contributed by atoms with van der Waals surface area (Å²) in [6.07, 6.45) is -0.518. The Balaban J connectivity index is 2.64. The Kier molecular flexibility index (Phi) is 9.02. The molecular formula is C19H28O10. The van der Waals surface area contributed by atoms with Gasteiger partial charge in [-0.15, -0.1) is 0 Å². The number of aromatic hydroxyl groups is 1. The van der Waals surface area contributed by atoms with E-state index in [9.17, 15) is 30.3 Å². The van der Waals surface area contributed by atoms with E-state index in [1.54, 1.807) is 0 Å². The molecule has 4 atom stereocenters. The molecule has 10 nitrogen and oxygen atoms in total. The molecule has 0 heterocycles. The van der Waals surface area contributed by atoms with Gasteiger partial charge in [0.25, 0.3) is 0 Å². The van der Waals surface area contributed by atoms with Crippen LogP contribution in [0.25, 0.3) is 6.08 Å². The summed E-state index contributed by atoms with van der Waals surface area (Å²) in [5, 5.41) is 66.5. The molecule has 0 amide bonds. The van der Waals surface area contributed by atoms with Crippen LogP contribution in [-0.2, 0) is 9.53 Å². The van der Waals surface area contributed by atoms with E-state index in [1.165, 1.54) is 38.1 Å². The first-order valence-corrected chi connectivity index (χ1v) is 8.76. The molecule has 10 heteroatoms. The van der Waals surface area contributed by atoms with E-state index in [0.717, 1.165) is 6.08 Å². The number of ether oxygens (including phenoxy) is 2. The van der Waals surface area contributed by atoms with E-state index < -0.39 is 49.2 Å². The van der Waals surface area contributed by atoms with Crippen molar-refractivity contribution in [3.63, 3.8) is 0 Å². The normalized spacial score (nSPS) is 17.9. The van der Waals surface area contributed by atoms with Crippen LogP contribution in [0.15, 0.2) is 24.3 Å². The molecule has 29 heavy (non-hydrogen) atoms. The van der Waals surface area contributed by atoms with Crippen molar-refractivity contribution in [2.45, 2.75) is 37.3 Å². The summed E-state index contributed by atoms with van der Waals surface area (Å²) >= 11 is 0. The molecule has 1 aromatic carbocycles. The summed E-state index contributed by atoms with van der Waals surface area (Å²) in [4.78, 5) is 11.7. The van der Waals surface area contributed by atoms with Gasteiger partial charge in [-0.25, -0.2) is 4.79 Å². The highest BCUT2D eigenvalue weighted by Gasteiger charge is 2.31. The number of phenolic OH excluding ortho intramolecular Hbond substituents is 1. The third-order valence-corrected chi connectivity index (χ3v) is 4.23. The summed E-state index contributed by atoms with van der Waals surface area (Å²) in [6.45, 7) is 0.195. The molecule has 164 valence electrons. The predicted molar refractivity (Wildman–Crippen MR) is 101 cm³/mol. The van der Waals surface area contributed by atoms with Gasteiger partial charge in [0, 0.05) is 6.08 Å². The smallest absolute Gasteiger partial charge is 0.330 e. The van der Waals surface area contributed by atoms with E-state index in [0.29, 0.717) is 5.56 Å². The predicted octanol–water partition coefficient (Wildman–Crippen LogP) is -1.46. The van der Waals surface area contributed by atoms with Crippen molar-refractivity contribution >= 4 is 12.0 Å². The second-order valence-corrected chi connectivity index (χ2v) is 7.07. The maximum absolute atomic E-state index is 11.7. The first-order valence-electron chi connectivity index (χ1n) is 8.76. The van der Waals surface area contributed by atoms with Gasteiger partial charge in [0.05, 0.1) is 13.2 Å². The molecule has 1 aromatic rings. The van der Waals surface area contributed by atoms with Crippen LogP contribution in [0.4, 0.5) is 0 Å². The molecule has 0 saturated carbocycles. The lowest BCUT2D eigenvalue weighted by molar-refractivity contribution is -0.151. The molecule has 0 spiro atoms. The number of hydrogen-bond acceptors (Lipinski definition) is 10. The number of benzene rings is 1. The number of carbonyl (C=O) groups is 1. The minimum absolute atomic E-state index is 0.0181. The van der Waals surface area contributed by atoms with Crippen LogP contribution >= 0.6 is 0 Å². The number of aliphatic hydroxyl groups is 6. The molecule has 0 aliphatic rings. The van der Waals surface area contributed by atoms with Crippen LogP contribution in [0.5, 0.6) is 11.5 Å². The Hall–Kier alpha value is -2.21. The molecule has 0 aliphatic carbocycles. The quantitative estimate of drug-likeness (QED) is 0.166. The SMILES string of the molecule is C[C@](O)(CO)[C@@H](O)COC(=O)C=Cc1ccc(OC[C@@](C)(O)[C@H](O)CO)c(O)c1. The monoisotopic (exact) mass is 416 g/mol. The van der Waals surface area contributed by atoms with Gasteiger partial charge < -0.3 is 45.2 Å². The number of phenols is 1. The maximum Gasteiger partial charge on any atom is 0.330 e. The van der Waals surface area contributed by atoms with Gasteiger partial charge in [-0.05, 0) is 37.6 Å². The van der Waals surface area contributed by atoms with Crippen LogP contribution in [0.3, 0.4) is 0 Å². The zero-order valence-electron chi connectivity index (χ0n) is 16.2. The maximum atomic E-state index is 11.7. The first-order chi connectivity index (χ1) is 13.4. The van der Waals surface area contributed by atoms with Crippen LogP contribution in [-0.4, -0.2) is 91.6 Å². The number of hydrogen-bond donors (Lipinski definition) is 7. The number of carbonyl (C=O) groups excluding carboxylic acids is 1. The second-order valence-electron chi connectivity index (χ2n) is 7.07. The van der Waals surface area contributed by atoms with Gasteiger partial charge in [0.2, 0.25) is 0 Å². The first kappa shape index (κ1) is 24.8. The van der Waals surface area contributed by atoms with Crippen molar-refractivity contribution in [2.24, 2.45) is 0 Å². The average molecular weight is 416 g/mol. The van der Waals surface area contributed by atoms with Crippen molar-refractivity contribution in [1.82, 2.24) is 0 Å². The summed E-state index contributed by atoms with van der Waals surface area (Å²) in [5.41, 5.74) is -3.12. The highest BCUT2D eigenvalue weighted by atomic mass is 16.5. The summed E-state index contributed by atoms with van der Waals surface area (Å²) in [5.74, 6) is -1.08. The van der Waals surface area contributed by atoms with Gasteiger partial charge in [-0.2, -0.15) is 0 Å². The Labute approximate surface area is 167 Å². The van der Waals surface area contributed by atoms with Crippen molar-refractivity contribution < 1.29 is 50.0 Å². The second kappa shape index (κ2) is 10.5. The van der Waals surface area contributed by atoms with Gasteiger partial charge in [-0.3, -0.25) is 0 Å². The highest BCUT2D eigenvalue weighted by molar-refractivity contribution is 5.87. The highest BCUT2D eigenvalue weighted by Crippen LogP contribution is 2.28. The standard InChI is InChI=1S/C19H28O10/c1-18(26,10-21)16(24)9-28-17(25)6-4-12-3-5-14(13(22)7-12)29-11-19(2,27)15(23)8-20/h3-7,15-16,20-24,26-27H,8-11H2,1-2H3/t15-,16+,18+,19-/m1/s1. The molecule has 0 unspecified atom stereocenters. The lowest BCUT2D eigenvalue weighted by Gasteiger charge is -2.27. The fraction of sp³-hybridized carbons (Fsp3) is 0.526. The Morgan fingerprint density at radius 2 is 1.79 bits per heavy atom. The fourth-order valence-electron chi connectivity index (χ4n) is 1.94. The topological polar surface area (TPSA) is 177 Å². The molecule has 0 fully saturated rings. The average Bonchev–Trinajstić information content (AvgIpc) is 2.68. The van der Waals surface area contributed by atoms with Crippen LogP contribution < -0.4 is 4.74 Å². The molecular weight excluding hydrogens is 388 g/mol. The molecule has 0 aromatic heterocycles. The molecule has 0 radical (unpaired) electrons. The number of aliphatic hydroxyl groups excluding tert-OH is 4. The van der Waals surface area contributed by atoms with Gasteiger partial charge in [-0.1, -0.05) is 6.07 Å². The minimum atomic E-state index is -1.80. The van der Waals surface area contributed by atoms with E-state index in [1.807, 2.05) is 0 Å². The molecule has 0 bridgehead atoms. The number of esters is 1. The largest absolute Gasteiger partial charge is 0.504 e. The molecule has 0 aliphatic heterocycles. The number of rotatable bonds is 11.